The largest absolute Gasteiger partial charge is 0.455 e. The lowest BCUT2D eigenvalue weighted by Gasteiger charge is -2.18. The number of carbonyl (C=O) groups excluding carboxylic acids is 1. The lowest BCUT2D eigenvalue weighted by atomic mass is 10.1. The smallest absolute Gasteiger partial charge is 0.221 e. The third kappa shape index (κ3) is 4.73. The zero-order valence-corrected chi connectivity index (χ0v) is 16.4. The Hall–Kier alpha value is -2.69. The molecule has 0 radical (unpaired) electrons. The van der Waals surface area contributed by atoms with E-state index in [0.29, 0.717) is 32.9 Å². The number of nitrogens with one attached hydrogen (secondary N) is 2. The highest BCUT2D eigenvalue weighted by Crippen LogP contribution is 2.38. The summed E-state index contributed by atoms with van der Waals surface area (Å²) in [6, 6.07) is 18.2. The third-order valence-electron chi connectivity index (χ3n) is 3.90. The molecule has 0 aliphatic carbocycles. The molecule has 0 bridgehead atoms. The van der Waals surface area contributed by atoms with E-state index < -0.39 is 0 Å². The van der Waals surface area contributed by atoms with E-state index in [-0.39, 0.29) is 5.91 Å². The Morgan fingerprint density at radius 3 is 2.33 bits per heavy atom. The van der Waals surface area contributed by atoms with Gasteiger partial charge in [0, 0.05) is 17.0 Å². The molecule has 0 saturated carbocycles. The normalized spacial score (nSPS) is 10.4. The van der Waals surface area contributed by atoms with Crippen molar-refractivity contribution in [1.82, 2.24) is 0 Å². The molecule has 27 heavy (non-hydrogen) atoms. The van der Waals surface area contributed by atoms with Gasteiger partial charge in [-0.1, -0.05) is 35.3 Å². The van der Waals surface area contributed by atoms with Crippen LogP contribution in [0.25, 0.3) is 0 Å². The molecular formula is C21H18Cl2N2O2. The van der Waals surface area contributed by atoms with Crippen molar-refractivity contribution in [2.45, 2.75) is 13.8 Å². The molecule has 138 valence electrons. The van der Waals surface area contributed by atoms with Gasteiger partial charge < -0.3 is 15.4 Å². The lowest BCUT2D eigenvalue weighted by molar-refractivity contribution is -0.114. The molecule has 6 heteroatoms. The van der Waals surface area contributed by atoms with Gasteiger partial charge in [-0.15, -0.1) is 0 Å². The van der Waals surface area contributed by atoms with Gasteiger partial charge in [-0.3, -0.25) is 4.79 Å². The molecule has 3 rings (SSSR count). The van der Waals surface area contributed by atoms with Crippen LogP contribution in [0.1, 0.15) is 12.5 Å². The molecule has 2 N–H and O–H groups in total. The Kier molecular flexibility index (Phi) is 5.89. The zero-order valence-electron chi connectivity index (χ0n) is 14.8. The summed E-state index contributed by atoms with van der Waals surface area (Å²) in [5, 5.41) is 7.40. The number of halogens is 2. The van der Waals surface area contributed by atoms with Crippen molar-refractivity contribution >= 4 is 46.2 Å². The highest BCUT2D eigenvalue weighted by molar-refractivity contribution is 6.32. The second-order valence-corrected chi connectivity index (χ2v) is 6.80. The summed E-state index contributed by atoms with van der Waals surface area (Å²) in [6.07, 6.45) is 0. The van der Waals surface area contributed by atoms with Gasteiger partial charge in [0.25, 0.3) is 0 Å². The number of carbonyl (C=O) groups is 1. The Balaban J connectivity index is 1.96. The minimum atomic E-state index is -0.162. The molecule has 0 fully saturated rings. The van der Waals surface area contributed by atoms with Crippen molar-refractivity contribution in [3.05, 3.63) is 76.3 Å². The van der Waals surface area contributed by atoms with Gasteiger partial charge >= 0.3 is 0 Å². The summed E-state index contributed by atoms with van der Waals surface area (Å²) in [5.74, 6) is 1.14. The van der Waals surface area contributed by atoms with Crippen molar-refractivity contribution in [3.8, 4) is 11.5 Å². The summed E-state index contributed by atoms with van der Waals surface area (Å²) in [5.41, 5.74) is 2.92. The molecule has 0 saturated heterocycles. The fraction of sp³-hybridized carbons (Fsp3) is 0.0952. The van der Waals surface area contributed by atoms with Crippen molar-refractivity contribution < 1.29 is 9.53 Å². The van der Waals surface area contributed by atoms with Crippen LogP contribution < -0.4 is 15.4 Å². The standard InChI is InChI=1S/C21H18Cl2N2O2/c1-13-17(23)11-12-19(24-14(2)26)21(13)25-18-5-3-4-6-20(18)27-16-9-7-15(22)8-10-16/h3-12,25H,1-2H3,(H,24,26). The molecule has 0 atom stereocenters. The van der Waals surface area contributed by atoms with E-state index in [1.165, 1.54) is 6.92 Å². The number of benzene rings is 3. The van der Waals surface area contributed by atoms with Gasteiger partial charge in [0.1, 0.15) is 5.75 Å². The van der Waals surface area contributed by atoms with E-state index in [4.69, 9.17) is 27.9 Å². The maximum Gasteiger partial charge on any atom is 0.221 e. The molecule has 1 amide bonds. The Morgan fingerprint density at radius 1 is 0.926 bits per heavy atom. The average Bonchev–Trinajstić information content (AvgIpc) is 2.64. The molecule has 3 aromatic carbocycles. The molecule has 0 spiro atoms. The molecule has 0 heterocycles. The Labute approximate surface area is 168 Å². The highest BCUT2D eigenvalue weighted by atomic mass is 35.5. The van der Waals surface area contributed by atoms with Gasteiger partial charge in [-0.05, 0) is 61.0 Å². The first-order valence-corrected chi connectivity index (χ1v) is 9.06. The van der Waals surface area contributed by atoms with E-state index in [9.17, 15) is 4.79 Å². The van der Waals surface area contributed by atoms with E-state index >= 15 is 0 Å². The van der Waals surface area contributed by atoms with Gasteiger partial charge in [0.2, 0.25) is 5.91 Å². The van der Waals surface area contributed by atoms with Crippen LogP contribution in [0.2, 0.25) is 10.0 Å². The van der Waals surface area contributed by atoms with Gasteiger partial charge in [-0.25, -0.2) is 0 Å². The number of ether oxygens (including phenoxy) is 1. The van der Waals surface area contributed by atoms with Gasteiger partial charge in [0.05, 0.1) is 17.1 Å². The summed E-state index contributed by atoms with van der Waals surface area (Å²) in [6.45, 7) is 3.35. The van der Waals surface area contributed by atoms with Crippen LogP contribution in [0, 0.1) is 6.92 Å². The minimum Gasteiger partial charge on any atom is -0.455 e. The van der Waals surface area contributed by atoms with Crippen LogP contribution in [-0.4, -0.2) is 5.91 Å². The monoisotopic (exact) mass is 400 g/mol. The van der Waals surface area contributed by atoms with E-state index in [0.717, 1.165) is 11.3 Å². The summed E-state index contributed by atoms with van der Waals surface area (Å²) in [4.78, 5) is 11.5. The van der Waals surface area contributed by atoms with Crippen LogP contribution in [-0.2, 0) is 4.79 Å². The number of rotatable bonds is 5. The van der Waals surface area contributed by atoms with Crippen LogP contribution in [0.15, 0.2) is 60.7 Å². The second-order valence-electron chi connectivity index (χ2n) is 5.95. The van der Waals surface area contributed by atoms with Crippen molar-refractivity contribution in [3.63, 3.8) is 0 Å². The van der Waals surface area contributed by atoms with Crippen LogP contribution in [0.3, 0.4) is 0 Å². The maximum atomic E-state index is 11.5. The quantitative estimate of drug-likeness (QED) is 0.495. The van der Waals surface area contributed by atoms with E-state index in [1.54, 1.807) is 36.4 Å². The fourth-order valence-corrected chi connectivity index (χ4v) is 2.85. The number of amides is 1. The summed E-state index contributed by atoms with van der Waals surface area (Å²) in [7, 11) is 0. The van der Waals surface area contributed by atoms with E-state index in [1.807, 2.05) is 31.2 Å². The zero-order chi connectivity index (χ0) is 19.4. The number of para-hydroxylation sites is 2. The lowest BCUT2D eigenvalue weighted by Crippen LogP contribution is -2.09. The third-order valence-corrected chi connectivity index (χ3v) is 4.56. The summed E-state index contributed by atoms with van der Waals surface area (Å²) >= 11 is 12.2. The number of hydrogen-bond donors (Lipinski definition) is 2. The molecule has 4 nitrogen and oxygen atoms in total. The number of hydrogen-bond acceptors (Lipinski definition) is 3. The predicted molar refractivity (Wildman–Crippen MR) is 112 cm³/mol. The molecule has 0 unspecified atom stereocenters. The first kappa shape index (κ1) is 19.1. The first-order valence-electron chi connectivity index (χ1n) is 8.30. The maximum absolute atomic E-state index is 11.5. The number of anilines is 3. The fourth-order valence-electron chi connectivity index (χ4n) is 2.56. The Bertz CT molecular complexity index is 972. The topological polar surface area (TPSA) is 50.4 Å². The van der Waals surface area contributed by atoms with Gasteiger partial charge in [0.15, 0.2) is 5.75 Å². The SMILES string of the molecule is CC(=O)Nc1ccc(Cl)c(C)c1Nc1ccccc1Oc1ccc(Cl)cc1. The molecule has 3 aromatic rings. The van der Waals surface area contributed by atoms with Gasteiger partial charge in [-0.2, -0.15) is 0 Å². The van der Waals surface area contributed by atoms with Crippen LogP contribution >= 0.6 is 23.2 Å². The molecule has 0 aromatic heterocycles. The van der Waals surface area contributed by atoms with Crippen molar-refractivity contribution in [2.75, 3.05) is 10.6 Å². The Morgan fingerprint density at radius 2 is 1.63 bits per heavy atom. The van der Waals surface area contributed by atoms with E-state index in [2.05, 4.69) is 10.6 Å². The predicted octanol–water partition coefficient (Wildman–Crippen LogP) is 6.80. The first-order chi connectivity index (χ1) is 12.9. The van der Waals surface area contributed by atoms with Crippen molar-refractivity contribution in [1.29, 1.82) is 0 Å². The highest BCUT2D eigenvalue weighted by Gasteiger charge is 2.13. The molecule has 0 aliphatic rings. The van der Waals surface area contributed by atoms with Crippen molar-refractivity contribution in [2.24, 2.45) is 0 Å². The average molecular weight is 401 g/mol. The second kappa shape index (κ2) is 8.33. The molecule has 0 aliphatic heterocycles. The minimum absolute atomic E-state index is 0.162. The van der Waals surface area contributed by atoms with Crippen LogP contribution in [0.5, 0.6) is 11.5 Å². The molecular weight excluding hydrogens is 383 g/mol. The van der Waals surface area contributed by atoms with Crippen LogP contribution in [0.4, 0.5) is 17.1 Å². The summed E-state index contributed by atoms with van der Waals surface area (Å²) < 4.78 is 5.99.